The van der Waals surface area contributed by atoms with Gasteiger partial charge in [-0.1, -0.05) is 23.8 Å². The fourth-order valence-corrected chi connectivity index (χ4v) is 3.81. The van der Waals surface area contributed by atoms with Gasteiger partial charge in [0.05, 0.1) is 0 Å². The Morgan fingerprint density at radius 1 is 1.34 bits per heavy atom. The summed E-state index contributed by atoms with van der Waals surface area (Å²) >= 11 is 0. The molecule has 5 heteroatoms. The number of carbonyl (C=O) groups is 1. The van der Waals surface area contributed by atoms with Crippen LogP contribution in [0.3, 0.4) is 0 Å². The Morgan fingerprint density at radius 2 is 2.17 bits per heavy atom. The molecule has 1 aromatic carbocycles. The second-order valence-electron chi connectivity index (χ2n) is 8.59. The zero-order valence-electron chi connectivity index (χ0n) is 17.8. The van der Waals surface area contributed by atoms with E-state index in [1.807, 2.05) is 50.1 Å². The summed E-state index contributed by atoms with van der Waals surface area (Å²) in [6, 6.07) is 6.21. The topological polar surface area (TPSA) is 51.1 Å². The molecule has 0 spiro atoms. The highest BCUT2D eigenvalue weighted by Gasteiger charge is 2.31. The van der Waals surface area contributed by atoms with Crippen LogP contribution in [0, 0.1) is 0 Å². The number of hydrogen-bond donors (Lipinski definition) is 0. The number of amides is 1. The highest BCUT2D eigenvalue weighted by Crippen LogP contribution is 2.28. The van der Waals surface area contributed by atoms with E-state index < -0.39 is 5.60 Å². The minimum absolute atomic E-state index is 0.0862. The first kappa shape index (κ1) is 21.2. The highest BCUT2D eigenvalue weighted by atomic mass is 16.6. The molecule has 1 amide bonds. The van der Waals surface area contributed by atoms with Gasteiger partial charge in [0.2, 0.25) is 0 Å². The Hall–Kier alpha value is -2.56. The maximum absolute atomic E-state index is 12.6. The zero-order chi connectivity index (χ0) is 20.9. The van der Waals surface area contributed by atoms with Crippen LogP contribution in [0.4, 0.5) is 4.79 Å². The first-order chi connectivity index (χ1) is 13.9. The summed E-state index contributed by atoms with van der Waals surface area (Å²) < 4.78 is 11.7. The van der Waals surface area contributed by atoms with Gasteiger partial charge >= 0.3 is 6.09 Å². The van der Waals surface area contributed by atoms with Crippen LogP contribution in [-0.4, -0.2) is 48.5 Å². The largest absolute Gasteiger partial charge is 0.489 e. The fourth-order valence-electron chi connectivity index (χ4n) is 3.81. The summed E-state index contributed by atoms with van der Waals surface area (Å²) in [6.07, 6.45) is 9.07. The number of hydrogen-bond acceptors (Lipinski definition) is 4. The monoisotopic (exact) mass is 396 g/mol. The molecule has 156 valence electrons. The lowest BCUT2D eigenvalue weighted by atomic mass is 9.94. The molecule has 1 unspecified atom stereocenters. The molecular formula is C24H32N2O3. The lowest BCUT2D eigenvalue weighted by molar-refractivity contribution is 0.0136. The second-order valence-corrected chi connectivity index (χ2v) is 8.59. The van der Waals surface area contributed by atoms with Crippen molar-refractivity contribution in [1.82, 2.24) is 4.90 Å². The third kappa shape index (κ3) is 5.72. The van der Waals surface area contributed by atoms with Gasteiger partial charge in [-0.2, -0.15) is 0 Å². The minimum atomic E-state index is -0.487. The molecule has 2 aliphatic heterocycles. The number of nitrogens with zero attached hydrogens (tertiary/aromatic N) is 2. The van der Waals surface area contributed by atoms with E-state index in [1.165, 1.54) is 11.1 Å². The number of likely N-dealkylation sites (tertiary alicyclic amines) is 1. The van der Waals surface area contributed by atoms with Gasteiger partial charge in [0, 0.05) is 30.9 Å². The molecule has 2 aliphatic rings. The number of fused-ring (bicyclic) bond motifs is 1. The molecule has 0 bridgehead atoms. The molecule has 1 saturated heterocycles. The van der Waals surface area contributed by atoms with E-state index in [0.717, 1.165) is 43.5 Å². The van der Waals surface area contributed by atoms with Crippen molar-refractivity contribution in [2.75, 3.05) is 19.7 Å². The first-order valence-electron chi connectivity index (χ1n) is 10.4. The van der Waals surface area contributed by atoms with Gasteiger partial charge in [0.1, 0.15) is 18.0 Å². The molecule has 0 N–H and O–H groups in total. The maximum atomic E-state index is 12.6. The van der Waals surface area contributed by atoms with Crippen molar-refractivity contribution in [3.05, 3.63) is 53.6 Å². The highest BCUT2D eigenvalue weighted by molar-refractivity contribution is 5.84. The molecular weight excluding hydrogens is 364 g/mol. The van der Waals surface area contributed by atoms with Crippen LogP contribution in [0.1, 0.15) is 51.2 Å². The van der Waals surface area contributed by atoms with Gasteiger partial charge in [0.25, 0.3) is 0 Å². The summed E-state index contributed by atoms with van der Waals surface area (Å²) in [5.41, 5.74) is 3.23. The molecule has 5 nitrogen and oxygen atoms in total. The van der Waals surface area contributed by atoms with E-state index in [1.54, 1.807) is 0 Å². The predicted octanol–water partition coefficient (Wildman–Crippen LogP) is 4.94. The van der Waals surface area contributed by atoms with Crippen molar-refractivity contribution in [2.24, 2.45) is 4.99 Å². The lowest BCUT2D eigenvalue weighted by Crippen LogP contribution is -2.46. The van der Waals surface area contributed by atoms with Gasteiger partial charge in [-0.25, -0.2) is 4.79 Å². The summed E-state index contributed by atoms with van der Waals surface area (Å²) in [5.74, 6) is 0.944. The molecule has 1 aromatic rings. The van der Waals surface area contributed by atoms with E-state index in [2.05, 4.69) is 23.7 Å². The molecule has 3 rings (SSSR count). The van der Waals surface area contributed by atoms with E-state index >= 15 is 0 Å². The Bertz CT molecular complexity index is 805. The summed E-state index contributed by atoms with van der Waals surface area (Å²) in [7, 11) is 0. The molecule has 0 saturated carbocycles. The van der Waals surface area contributed by atoms with Crippen LogP contribution in [0.2, 0.25) is 0 Å². The van der Waals surface area contributed by atoms with Crippen LogP contribution >= 0.6 is 0 Å². The molecule has 2 heterocycles. The standard InChI is InChI=1S/C24H32N2O3/c1-5-7-20-16-18(11-14-26(20)23(27)29-24(2,3)4)12-15-28-22-9-6-8-19-17-25-13-10-21(19)22/h5-6,8-9,12,17,20H,1,7,10-11,13-16H2,2-4H3. The third-order valence-corrected chi connectivity index (χ3v) is 5.18. The van der Waals surface area contributed by atoms with E-state index in [4.69, 9.17) is 9.47 Å². The number of ether oxygens (including phenoxy) is 2. The van der Waals surface area contributed by atoms with Crippen molar-refractivity contribution in [3.63, 3.8) is 0 Å². The van der Waals surface area contributed by atoms with Crippen molar-refractivity contribution in [3.8, 4) is 5.75 Å². The van der Waals surface area contributed by atoms with Gasteiger partial charge in [-0.15, -0.1) is 6.58 Å². The Balaban J connectivity index is 1.61. The van der Waals surface area contributed by atoms with E-state index in [0.29, 0.717) is 13.2 Å². The number of rotatable bonds is 5. The van der Waals surface area contributed by atoms with E-state index in [-0.39, 0.29) is 12.1 Å². The van der Waals surface area contributed by atoms with Crippen molar-refractivity contribution < 1.29 is 14.3 Å². The van der Waals surface area contributed by atoms with Crippen LogP contribution in [-0.2, 0) is 11.2 Å². The van der Waals surface area contributed by atoms with E-state index in [9.17, 15) is 4.79 Å². The van der Waals surface area contributed by atoms with Crippen molar-refractivity contribution in [1.29, 1.82) is 0 Å². The Kier molecular flexibility index (Phi) is 6.78. The molecule has 0 aliphatic carbocycles. The van der Waals surface area contributed by atoms with Gasteiger partial charge < -0.3 is 14.4 Å². The van der Waals surface area contributed by atoms with Crippen LogP contribution in [0.25, 0.3) is 0 Å². The number of carbonyl (C=O) groups excluding carboxylic acids is 1. The van der Waals surface area contributed by atoms with Crippen molar-refractivity contribution in [2.45, 2.75) is 58.1 Å². The molecule has 29 heavy (non-hydrogen) atoms. The summed E-state index contributed by atoms with van der Waals surface area (Å²) in [6.45, 7) is 11.6. The molecule has 1 fully saturated rings. The fraction of sp³-hybridized carbons (Fsp3) is 0.500. The maximum Gasteiger partial charge on any atom is 0.410 e. The Labute approximate surface area is 174 Å². The molecule has 0 radical (unpaired) electrons. The van der Waals surface area contributed by atoms with Gasteiger partial charge in [0.15, 0.2) is 0 Å². The SMILES string of the molecule is C=CCC1CC(=CCOc2cccc3c2CCN=C3)CCN1C(=O)OC(C)(C)C. The van der Waals surface area contributed by atoms with Crippen LogP contribution in [0.5, 0.6) is 5.75 Å². The normalized spacial score (nSPS) is 20.3. The second kappa shape index (κ2) is 9.29. The zero-order valence-corrected chi connectivity index (χ0v) is 17.8. The average molecular weight is 397 g/mol. The number of benzene rings is 1. The predicted molar refractivity (Wildman–Crippen MR) is 117 cm³/mol. The van der Waals surface area contributed by atoms with Gasteiger partial charge in [-0.05, 0) is 64.2 Å². The smallest absolute Gasteiger partial charge is 0.410 e. The first-order valence-corrected chi connectivity index (χ1v) is 10.4. The Morgan fingerprint density at radius 3 is 2.93 bits per heavy atom. The number of piperidine rings is 1. The van der Waals surface area contributed by atoms with Gasteiger partial charge in [-0.3, -0.25) is 4.99 Å². The summed E-state index contributed by atoms with van der Waals surface area (Å²) in [4.78, 5) is 18.7. The molecule has 0 aromatic heterocycles. The van der Waals surface area contributed by atoms with Crippen LogP contribution < -0.4 is 4.74 Å². The minimum Gasteiger partial charge on any atom is -0.489 e. The van der Waals surface area contributed by atoms with Crippen molar-refractivity contribution >= 4 is 12.3 Å². The third-order valence-electron chi connectivity index (χ3n) is 5.18. The quantitative estimate of drug-likeness (QED) is 0.662. The lowest BCUT2D eigenvalue weighted by Gasteiger charge is -2.37. The average Bonchev–Trinajstić information content (AvgIpc) is 2.67. The number of aliphatic imine (C=N–C) groups is 1. The van der Waals surface area contributed by atoms with Crippen LogP contribution in [0.15, 0.2) is 47.5 Å². The molecule has 1 atom stereocenters. The summed E-state index contributed by atoms with van der Waals surface area (Å²) in [5, 5.41) is 0.